The highest BCUT2D eigenvalue weighted by Gasteiger charge is 2.14. The van der Waals surface area contributed by atoms with E-state index in [9.17, 15) is 9.59 Å². The topological polar surface area (TPSA) is 80.2 Å². The van der Waals surface area contributed by atoms with E-state index in [1.165, 1.54) is 0 Å². The Bertz CT molecular complexity index is 566. The third kappa shape index (κ3) is 2.98. The number of carboxylic acid groups (broad SMARTS) is 1. The summed E-state index contributed by atoms with van der Waals surface area (Å²) < 4.78 is 0. The van der Waals surface area contributed by atoms with E-state index >= 15 is 0 Å². The summed E-state index contributed by atoms with van der Waals surface area (Å²) >= 11 is 1.14. The van der Waals surface area contributed by atoms with E-state index in [4.69, 9.17) is 5.11 Å². The number of hydrogen-bond acceptors (Lipinski definition) is 5. The molecule has 0 aliphatic rings. The summed E-state index contributed by atoms with van der Waals surface area (Å²) in [4.78, 5) is 22.4. The number of carboxylic acids is 1. The van der Waals surface area contributed by atoms with Crippen LogP contribution in [0.4, 0.5) is 0 Å². The van der Waals surface area contributed by atoms with Crippen LogP contribution in [0.25, 0.3) is 0 Å². The monoisotopic (exact) mass is 262 g/mol. The van der Waals surface area contributed by atoms with E-state index in [1.807, 2.05) is 6.07 Å². The SMILES string of the molecule is O=C(O)CCc1nnc(C(=O)c2ccccc2)s1. The van der Waals surface area contributed by atoms with Crippen molar-refractivity contribution >= 4 is 23.1 Å². The Morgan fingerprint density at radius 2 is 1.89 bits per heavy atom. The van der Waals surface area contributed by atoms with Crippen LogP contribution in [0.1, 0.15) is 26.8 Å². The van der Waals surface area contributed by atoms with Gasteiger partial charge in [-0.1, -0.05) is 41.7 Å². The third-order valence-electron chi connectivity index (χ3n) is 2.25. The molecule has 1 aromatic heterocycles. The summed E-state index contributed by atoms with van der Waals surface area (Å²) in [6.45, 7) is 0. The van der Waals surface area contributed by atoms with Crippen LogP contribution in [-0.4, -0.2) is 27.1 Å². The summed E-state index contributed by atoms with van der Waals surface area (Å²) in [6.07, 6.45) is 0.295. The molecular weight excluding hydrogens is 252 g/mol. The van der Waals surface area contributed by atoms with Crippen LogP contribution in [0.5, 0.6) is 0 Å². The zero-order valence-electron chi connectivity index (χ0n) is 9.37. The second-order valence-corrected chi connectivity index (χ2v) is 4.65. The number of nitrogens with zero attached hydrogens (tertiary/aromatic N) is 2. The van der Waals surface area contributed by atoms with Crippen molar-refractivity contribution in [2.24, 2.45) is 0 Å². The fourth-order valence-electron chi connectivity index (χ4n) is 1.37. The number of hydrogen-bond donors (Lipinski definition) is 1. The van der Waals surface area contributed by atoms with Gasteiger partial charge in [0.2, 0.25) is 5.78 Å². The van der Waals surface area contributed by atoms with Crippen LogP contribution in [-0.2, 0) is 11.2 Å². The number of carbonyl (C=O) groups excluding carboxylic acids is 1. The first-order valence-electron chi connectivity index (χ1n) is 5.31. The molecule has 0 aliphatic carbocycles. The predicted molar refractivity (Wildman–Crippen MR) is 65.7 cm³/mol. The summed E-state index contributed by atoms with van der Waals surface area (Å²) in [6, 6.07) is 8.80. The quantitative estimate of drug-likeness (QED) is 0.831. The molecule has 2 rings (SSSR count). The van der Waals surface area contributed by atoms with Crippen molar-refractivity contribution in [1.82, 2.24) is 10.2 Å². The molecule has 18 heavy (non-hydrogen) atoms. The molecule has 1 aromatic carbocycles. The molecule has 0 amide bonds. The van der Waals surface area contributed by atoms with Gasteiger partial charge in [-0.05, 0) is 0 Å². The molecule has 0 aliphatic heterocycles. The second-order valence-electron chi connectivity index (χ2n) is 3.59. The first kappa shape index (κ1) is 12.4. The van der Waals surface area contributed by atoms with Crippen LogP contribution in [0.2, 0.25) is 0 Å². The minimum atomic E-state index is -0.888. The molecule has 1 N–H and O–H groups in total. The molecule has 0 atom stereocenters. The molecule has 0 radical (unpaired) electrons. The van der Waals surface area contributed by atoms with E-state index in [-0.39, 0.29) is 12.2 Å². The van der Waals surface area contributed by atoms with Gasteiger partial charge in [-0.15, -0.1) is 10.2 Å². The van der Waals surface area contributed by atoms with Crippen molar-refractivity contribution < 1.29 is 14.7 Å². The van der Waals surface area contributed by atoms with Crippen molar-refractivity contribution in [2.45, 2.75) is 12.8 Å². The Morgan fingerprint density at radius 1 is 1.17 bits per heavy atom. The van der Waals surface area contributed by atoms with E-state index in [1.54, 1.807) is 24.3 Å². The molecule has 92 valence electrons. The van der Waals surface area contributed by atoms with Gasteiger partial charge >= 0.3 is 5.97 Å². The number of aromatic nitrogens is 2. The Morgan fingerprint density at radius 3 is 2.56 bits per heavy atom. The molecular formula is C12H10N2O3S. The van der Waals surface area contributed by atoms with E-state index < -0.39 is 5.97 Å². The molecule has 2 aromatic rings. The minimum absolute atomic E-state index is 0.00579. The Balaban J connectivity index is 2.10. The first-order valence-corrected chi connectivity index (χ1v) is 6.12. The number of carbonyl (C=O) groups is 2. The fraction of sp³-hybridized carbons (Fsp3) is 0.167. The largest absolute Gasteiger partial charge is 0.481 e. The number of benzene rings is 1. The number of rotatable bonds is 5. The van der Waals surface area contributed by atoms with Crippen LogP contribution < -0.4 is 0 Å². The Hall–Kier alpha value is -2.08. The lowest BCUT2D eigenvalue weighted by Gasteiger charge is -1.94. The van der Waals surface area contributed by atoms with Gasteiger partial charge in [0.25, 0.3) is 0 Å². The number of aliphatic carboxylic acids is 1. The first-order chi connectivity index (χ1) is 8.66. The maximum Gasteiger partial charge on any atom is 0.303 e. The van der Waals surface area contributed by atoms with E-state index in [2.05, 4.69) is 10.2 Å². The van der Waals surface area contributed by atoms with Gasteiger partial charge in [-0.2, -0.15) is 0 Å². The average molecular weight is 262 g/mol. The highest BCUT2D eigenvalue weighted by atomic mass is 32.1. The lowest BCUT2D eigenvalue weighted by Crippen LogP contribution is -1.99. The van der Waals surface area contributed by atoms with Crippen molar-refractivity contribution in [2.75, 3.05) is 0 Å². The highest BCUT2D eigenvalue weighted by Crippen LogP contribution is 2.15. The summed E-state index contributed by atoms with van der Waals surface area (Å²) in [7, 11) is 0. The molecule has 0 spiro atoms. The second kappa shape index (κ2) is 5.50. The maximum absolute atomic E-state index is 12.0. The van der Waals surface area contributed by atoms with Crippen LogP contribution in [0.15, 0.2) is 30.3 Å². The van der Waals surface area contributed by atoms with Crippen molar-refractivity contribution in [3.63, 3.8) is 0 Å². The zero-order valence-corrected chi connectivity index (χ0v) is 10.2. The molecule has 1 heterocycles. The Labute approximate surface area is 107 Å². The van der Waals surface area contributed by atoms with Gasteiger partial charge in [-0.3, -0.25) is 9.59 Å². The zero-order chi connectivity index (χ0) is 13.0. The molecule has 0 unspecified atom stereocenters. The maximum atomic E-state index is 12.0. The van der Waals surface area contributed by atoms with Gasteiger partial charge < -0.3 is 5.11 Å². The fourth-order valence-corrected chi connectivity index (χ4v) is 2.17. The van der Waals surface area contributed by atoms with Crippen molar-refractivity contribution in [3.05, 3.63) is 45.9 Å². The van der Waals surface area contributed by atoms with E-state index in [0.717, 1.165) is 11.3 Å². The lowest BCUT2D eigenvalue weighted by molar-refractivity contribution is -0.136. The van der Waals surface area contributed by atoms with Crippen molar-refractivity contribution in [3.8, 4) is 0 Å². The minimum Gasteiger partial charge on any atom is -0.481 e. The summed E-state index contributed by atoms with van der Waals surface area (Å²) in [5, 5.41) is 17.0. The molecule has 5 nitrogen and oxygen atoms in total. The van der Waals surface area contributed by atoms with Gasteiger partial charge in [0.05, 0.1) is 6.42 Å². The summed E-state index contributed by atoms with van der Waals surface area (Å²) in [5.74, 6) is -1.07. The molecule has 0 saturated carbocycles. The predicted octanol–water partition coefficient (Wildman–Crippen LogP) is 1.79. The van der Waals surface area contributed by atoms with Gasteiger partial charge in [0.1, 0.15) is 5.01 Å². The molecule has 6 heteroatoms. The van der Waals surface area contributed by atoms with Gasteiger partial charge in [-0.25, -0.2) is 0 Å². The standard InChI is InChI=1S/C12H10N2O3S/c15-10(16)7-6-9-13-14-12(18-9)11(17)8-4-2-1-3-5-8/h1-5H,6-7H2,(H,15,16). The Kier molecular flexibility index (Phi) is 3.78. The van der Waals surface area contributed by atoms with E-state index in [0.29, 0.717) is 22.0 Å². The van der Waals surface area contributed by atoms with Crippen LogP contribution in [0, 0.1) is 0 Å². The van der Waals surface area contributed by atoms with Crippen LogP contribution in [0.3, 0.4) is 0 Å². The lowest BCUT2D eigenvalue weighted by atomic mass is 10.1. The number of ketones is 1. The number of aryl methyl sites for hydroxylation is 1. The third-order valence-corrected chi connectivity index (χ3v) is 3.23. The molecule has 0 bridgehead atoms. The highest BCUT2D eigenvalue weighted by molar-refractivity contribution is 7.13. The molecule has 0 saturated heterocycles. The average Bonchev–Trinajstić information content (AvgIpc) is 2.85. The summed E-state index contributed by atoms with van der Waals surface area (Å²) in [5.41, 5.74) is 0.554. The normalized spacial score (nSPS) is 10.2. The molecule has 0 fully saturated rings. The van der Waals surface area contributed by atoms with Crippen LogP contribution >= 0.6 is 11.3 Å². The van der Waals surface area contributed by atoms with Gasteiger partial charge in [0.15, 0.2) is 5.01 Å². The smallest absolute Gasteiger partial charge is 0.303 e. The van der Waals surface area contributed by atoms with Gasteiger partial charge in [0, 0.05) is 12.0 Å². The van der Waals surface area contributed by atoms with Crippen molar-refractivity contribution in [1.29, 1.82) is 0 Å².